The molecule has 1 saturated heterocycles. The number of rotatable bonds is 7. The van der Waals surface area contributed by atoms with Gasteiger partial charge in [0.15, 0.2) is 0 Å². The summed E-state index contributed by atoms with van der Waals surface area (Å²) in [6.45, 7) is 6.32. The molecule has 2 N–H and O–H groups in total. The number of aromatic carboxylic acids is 1. The van der Waals surface area contributed by atoms with E-state index in [4.69, 9.17) is 14.3 Å². The molecule has 1 aromatic rings. The van der Waals surface area contributed by atoms with E-state index in [1.165, 1.54) is 0 Å². The van der Waals surface area contributed by atoms with Gasteiger partial charge in [-0.3, -0.25) is 0 Å². The fraction of sp³-hybridized carbons (Fsp3) is 0.533. The fourth-order valence-corrected chi connectivity index (χ4v) is 4.43. The Morgan fingerprint density at radius 1 is 1.48 bits per heavy atom. The van der Waals surface area contributed by atoms with Gasteiger partial charge in [-0.2, -0.15) is 0 Å². The van der Waals surface area contributed by atoms with Gasteiger partial charge in [-0.15, -0.1) is 6.58 Å². The average Bonchev–Trinajstić information content (AvgIpc) is 2.93. The topological polar surface area (TPSA) is 106 Å². The number of furan rings is 1. The lowest BCUT2D eigenvalue weighted by molar-refractivity contribution is 0.0481. The maximum Gasteiger partial charge on any atom is 0.371 e. The van der Waals surface area contributed by atoms with Crippen LogP contribution in [-0.4, -0.2) is 38.2 Å². The summed E-state index contributed by atoms with van der Waals surface area (Å²) in [5.41, 5.74) is -0.662. The Kier molecular flexibility index (Phi) is 5.28. The van der Waals surface area contributed by atoms with Crippen molar-refractivity contribution in [3.63, 3.8) is 0 Å². The van der Waals surface area contributed by atoms with Gasteiger partial charge in [0.1, 0.15) is 10.7 Å². The minimum Gasteiger partial charge on any atom is -0.475 e. The second-order valence-corrected chi connectivity index (χ2v) is 7.20. The predicted octanol–water partition coefficient (Wildman–Crippen LogP) is 1.94. The van der Waals surface area contributed by atoms with Crippen molar-refractivity contribution in [3.05, 3.63) is 30.2 Å². The number of ether oxygens (including phenoxy) is 1. The SMILES string of the molecule is C=CCC1(NS(=O)(=O)c2cc(C(=O)O)oc2CC)CCOCC1. The van der Waals surface area contributed by atoms with Crippen molar-refractivity contribution < 1.29 is 27.5 Å². The summed E-state index contributed by atoms with van der Waals surface area (Å²) < 4.78 is 38.7. The molecule has 2 heterocycles. The van der Waals surface area contributed by atoms with Crippen molar-refractivity contribution >= 4 is 16.0 Å². The number of carbonyl (C=O) groups is 1. The van der Waals surface area contributed by atoms with E-state index in [1.807, 2.05) is 0 Å². The molecule has 0 amide bonds. The van der Waals surface area contributed by atoms with Crippen molar-refractivity contribution in [2.75, 3.05) is 13.2 Å². The first-order valence-electron chi connectivity index (χ1n) is 7.42. The molecule has 0 radical (unpaired) electrons. The van der Waals surface area contributed by atoms with Crippen molar-refractivity contribution in [1.29, 1.82) is 0 Å². The molecular formula is C15H21NO6S. The van der Waals surface area contributed by atoms with Crippen LogP contribution in [0, 0.1) is 0 Å². The summed E-state index contributed by atoms with van der Waals surface area (Å²) in [6.07, 6.45) is 3.49. The standard InChI is InChI=1S/C15H21NO6S/c1-3-5-15(6-8-21-9-7-15)16-23(19,20)13-10-12(14(17)18)22-11(13)4-2/h3,10,16H,1,4-9H2,2H3,(H,17,18). The normalized spacial score (nSPS) is 17.8. The predicted molar refractivity (Wildman–Crippen MR) is 83.0 cm³/mol. The maximum absolute atomic E-state index is 12.8. The number of carboxylic acids is 1. The van der Waals surface area contributed by atoms with Crippen LogP contribution in [0.1, 0.15) is 42.5 Å². The molecule has 1 aliphatic heterocycles. The third-order valence-electron chi connectivity index (χ3n) is 3.93. The van der Waals surface area contributed by atoms with E-state index >= 15 is 0 Å². The Hall–Kier alpha value is -1.64. The van der Waals surface area contributed by atoms with Gasteiger partial charge < -0.3 is 14.3 Å². The number of aryl methyl sites for hydroxylation is 1. The van der Waals surface area contributed by atoms with Crippen molar-refractivity contribution in [1.82, 2.24) is 4.72 Å². The van der Waals surface area contributed by atoms with E-state index in [1.54, 1.807) is 13.0 Å². The zero-order chi connectivity index (χ0) is 17.1. The Bertz CT molecular complexity index is 685. The molecule has 7 nitrogen and oxygen atoms in total. The Morgan fingerprint density at radius 3 is 2.65 bits per heavy atom. The molecule has 0 bridgehead atoms. The van der Waals surface area contributed by atoms with Crippen LogP contribution in [0.3, 0.4) is 0 Å². The van der Waals surface area contributed by atoms with Gasteiger partial charge in [0.2, 0.25) is 15.8 Å². The van der Waals surface area contributed by atoms with E-state index in [-0.39, 0.29) is 22.8 Å². The highest BCUT2D eigenvalue weighted by atomic mass is 32.2. The van der Waals surface area contributed by atoms with Gasteiger partial charge >= 0.3 is 5.97 Å². The molecule has 128 valence electrons. The molecule has 0 spiro atoms. The molecule has 0 aromatic carbocycles. The van der Waals surface area contributed by atoms with Crippen molar-refractivity contribution in [3.8, 4) is 0 Å². The first kappa shape index (κ1) is 17.7. The van der Waals surface area contributed by atoms with Crippen LogP contribution in [-0.2, 0) is 21.2 Å². The lowest BCUT2D eigenvalue weighted by Gasteiger charge is -2.36. The molecular weight excluding hydrogens is 322 g/mol. The summed E-state index contributed by atoms with van der Waals surface area (Å²) in [5, 5.41) is 9.00. The third-order valence-corrected chi connectivity index (χ3v) is 5.55. The highest BCUT2D eigenvalue weighted by molar-refractivity contribution is 7.89. The first-order valence-corrected chi connectivity index (χ1v) is 8.90. The summed E-state index contributed by atoms with van der Waals surface area (Å²) in [7, 11) is -3.91. The van der Waals surface area contributed by atoms with Crippen LogP contribution < -0.4 is 4.72 Å². The summed E-state index contributed by atoms with van der Waals surface area (Å²) in [6, 6.07) is 1.06. The Morgan fingerprint density at radius 2 is 2.13 bits per heavy atom. The van der Waals surface area contributed by atoms with Crippen molar-refractivity contribution in [2.45, 2.75) is 43.0 Å². The smallest absolute Gasteiger partial charge is 0.371 e. The molecule has 8 heteroatoms. The van der Waals surface area contributed by atoms with E-state index in [0.717, 1.165) is 6.07 Å². The van der Waals surface area contributed by atoms with Gasteiger partial charge in [0.25, 0.3) is 0 Å². The maximum atomic E-state index is 12.8. The largest absolute Gasteiger partial charge is 0.475 e. The molecule has 23 heavy (non-hydrogen) atoms. The van der Waals surface area contributed by atoms with Crippen LogP contribution in [0.15, 0.2) is 28.0 Å². The molecule has 0 atom stereocenters. The van der Waals surface area contributed by atoms with Gasteiger partial charge in [-0.1, -0.05) is 13.0 Å². The minimum absolute atomic E-state index is 0.118. The molecule has 0 saturated carbocycles. The molecule has 2 rings (SSSR count). The third kappa shape index (κ3) is 3.82. The Balaban J connectivity index is 2.37. The second-order valence-electron chi connectivity index (χ2n) is 5.55. The van der Waals surface area contributed by atoms with Crippen molar-refractivity contribution in [2.24, 2.45) is 0 Å². The molecule has 0 aliphatic carbocycles. The molecule has 1 aliphatic rings. The van der Waals surface area contributed by atoms with Gasteiger partial charge in [0.05, 0.1) is 0 Å². The Labute approximate surface area is 135 Å². The quantitative estimate of drug-likeness (QED) is 0.733. The highest BCUT2D eigenvalue weighted by Crippen LogP contribution is 2.29. The van der Waals surface area contributed by atoms with Gasteiger partial charge in [-0.05, 0) is 19.3 Å². The summed E-state index contributed by atoms with van der Waals surface area (Å²) in [4.78, 5) is 10.9. The van der Waals surface area contributed by atoms with E-state index in [2.05, 4.69) is 11.3 Å². The number of carboxylic acid groups (broad SMARTS) is 1. The lowest BCUT2D eigenvalue weighted by atomic mass is 9.88. The monoisotopic (exact) mass is 343 g/mol. The number of hydrogen-bond acceptors (Lipinski definition) is 5. The average molecular weight is 343 g/mol. The minimum atomic E-state index is -3.91. The highest BCUT2D eigenvalue weighted by Gasteiger charge is 2.37. The number of sulfonamides is 1. The van der Waals surface area contributed by atoms with Crippen LogP contribution >= 0.6 is 0 Å². The van der Waals surface area contributed by atoms with Gasteiger partial charge in [-0.25, -0.2) is 17.9 Å². The van der Waals surface area contributed by atoms with Gasteiger partial charge in [0, 0.05) is 31.2 Å². The van der Waals surface area contributed by atoms with Crippen LogP contribution in [0.5, 0.6) is 0 Å². The van der Waals surface area contributed by atoms with Crippen LogP contribution in [0.4, 0.5) is 0 Å². The summed E-state index contributed by atoms with van der Waals surface area (Å²) in [5.74, 6) is -1.55. The molecule has 1 aromatic heterocycles. The van der Waals surface area contributed by atoms with Crippen LogP contribution in [0.2, 0.25) is 0 Å². The van der Waals surface area contributed by atoms with Crippen LogP contribution in [0.25, 0.3) is 0 Å². The number of nitrogens with one attached hydrogen (secondary N) is 1. The zero-order valence-corrected chi connectivity index (χ0v) is 13.8. The lowest BCUT2D eigenvalue weighted by Crippen LogP contribution is -2.51. The van der Waals surface area contributed by atoms with E-state index in [9.17, 15) is 13.2 Å². The van der Waals surface area contributed by atoms with E-state index in [0.29, 0.717) is 32.5 Å². The second kappa shape index (κ2) is 6.86. The molecule has 1 fully saturated rings. The first-order chi connectivity index (χ1) is 10.8. The zero-order valence-electron chi connectivity index (χ0n) is 13.0. The van der Waals surface area contributed by atoms with E-state index < -0.39 is 21.5 Å². The molecule has 0 unspecified atom stereocenters. The summed E-state index contributed by atoms with van der Waals surface area (Å²) >= 11 is 0. The fourth-order valence-electron chi connectivity index (χ4n) is 2.72. The number of hydrogen-bond donors (Lipinski definition) is 2.